The van der Waals surface area contributed by atoms with Gasteiger partial charge in [-0.1, -0.05) is 84.9 Å². The zero-order chi connectivity index (χ0) is 30.8. The molecule has 2 heterocycles. The summed E-state index contributed by atoms with van der Waals surface area (Å²) in [6, 6.07) is 46.7. The number of hydrogen-bond donors (Lipinski definition) is 0. The van der Waals surface area contributed by atoms with Gasteiger partial charge in [0.1, 0.15) is 11.2 Å². The fraction of sp³-hybridized carbons (Fsp3) is 0.150. The van der Waals surface area contributed by atoms with Gasteiger partial charge in [0.2, 0.25) is 0 Å². The predicted octanol–water partition coefficient (Wildman–Crippen LogP) is 10.2. The number of rotatable bonds is 5. The summed E-state index contributed by atoms with van der Waals surface area (Å²) in [4.78, 5) is 2.28. The van der Waals surface area contributed by atoms with E-state index in [0.29, 0.717) is 0 Å². The first-order chi connectivity index (χ1) is 21.8. The van der Waals surface area contributed by atoms with Crippen molar-refractivity contribution in [3.05, 3.63) is 133 Å². The molecule has 0 N–H and O–H groups in total. The van der Waals surface area contributed by atoms with E-state index in [1.165, 1.54) is 5.39 Å². The Hall–Kier alpha value is -4.84. The third-order valence-electron chi connectivity index (χ3n) is 9.51. The van der Waals surface area contributed by atoms with E-state index in [1.807, 2.05) is 24.3 Å². The highest BCUT2D eigenvalue weighted by atomic mass is 16.7. The fourth-order valence-electron chi connectivity index (χ4n) is 6.50. The standard InChI is InChI=1S/C40H34BNO3/c1-39(2)40(3,4)45-41(44-39)34-20-13-21-35-38(34)37-32-19-12-11-18-31(32)33(26-36(37)43-35)27-22-24-30(25-23-27)42(28-14-7-5-8-15-28)29-16-9-6-10-17-29/h5-26H,1-4H3. The summed E-state index contributed by atoms with van der Waals surface area (Å²) in [5, 5.41) is 4.45. The molecule has 1 aromatic heterocycles. The van der Waals surface area contributed by atoms with E-state index in [0.717, 1.165) is 61.0 Å². The summed E-state index contributed by atoms with van der Waals surface area (Å²) in [5.41, 5.74) is 7.39. The molecule has 0 spiro atoms. The van der Waals surface area contributed by atoms with Crippen LogP contribution in [0.25, 0.3) is 43.8 Å². The van der Waals surface area contributed by atoms with Crippen molar-refractivity contribution in [3.63, 3.8) is 0 Å². The molecule has 5 heteroatoms. The highest BCUT2D eigenvalue weighted by Crippen LogP contribution is 2.42. The van der Waals surface area contributed by atoms with Crippen LogP contribution in [-0.4, -0.2) is 18.3 Å². The molecule has 0 unspecified atom stereocenters. The van der Waals surface area contributed by atoms with E-state index < -0.39 is 18.3 Å². The minimum Gasteiger partial charge on any atom is -0.456 e. The van der Waals surface area contributed by atoms with Crippen molar-refractivity contribution in [1.29, 1.82) is 0 Å². The molecule has 8 rings (SSSR count). The molecule has 0 radical (unpaired) electrons. The van der Waals surface area contributed by atoms with Crippen molar-refractivity contribution in [3.8, 4) is 11.1 Å². The molecule has 4 nitrogen and oxygen atoms in total. The molecule has 6 aromatic carbocycles. The molecular weight excluding hydrogens is 553 g/mol. The summed E-state index contributed by atoms with van der Waals surface area (Å²) >= 11 is 0. The van der Waals surface area contributed by atoms with Crippen LogP contribution >= 0.6 is 0 Å². The van der Waals surface area contributed by atoms with Crippen LogP contribution in [0, 0.1) is 0 Å². The molecule has 7 aromatic rings. The van der Waals surface area contributed by atoms with Crippen LogP contribution in [0.3, 0.4) is 0 Å². The molecule has 1 aliphatic heterocycles. The largest absolute Gasteiger partial charge is 0.495 e. The minimum absolute atomic E-state index is 0.433. The van der Waals surface area contributed by atoms with Crippen LogP contribution in [0.5, 0.6) is 0 Å². The normalized spacial score (nSPS) is 15.7. The smallest absolute Gasteiger partial charge is 0.456 e. The van der Waals surface area contributed by atoms with Crippen molar-refractivity contribution in [1.82, 2.24) is 0 Å². The maximum atomic E-state index is 6.59. The molecule has 1 saturated heterocycles. The molecule has 45 heavy (non-hydrogen) atoms. The van der Waals surface area contributed by atoms with Crippen LogP contribution in [0.15, 0.2) is 138 Å². The zero-order valence-electron chi connectivity index (χ0n) is 26.0. The van der Waals surface area contributed by atoms with Gasteiger partial charge in [-0.25, -0.2) is 0 Å². The first-order valence-corrected chi connectivity index (χ1v) is 15.5. The lowest BCUT2D eigenvalue weighted by molar-refractivity contribution is 0.00578. The summed E-state index contributed by atoms with van der Waals surface area (Å²) in [6.45, 7) is 8.36. The number of nitrogens with zero attached hydrogens (tertiary/aromatic N) is 1. The van der Waals surface area contributed by atoms with Crippen LogP contribution < -0.4 is 10.4 Å². The highest BCUT2D eigenvalue weighted by molar-refractivity contribution is 6.66. The van der Waals surface area contributed by atoms with Gasteiger partial charge in [-0.3, -0.25) is 0 Å². The minimum atomic E-state index is -0.484. The number of para-hydroxylation sites is 2. The van der Waals surface area contributed by atoms with Crippen molar-refractivity contribution in [2.75, 3.05) is 4.90 Å². The Morgan fingerprint density at radius 2 is 1.07 bits per heavy atom. The Morgan fingerprint density at radius 3 is 1.69 bits per heavy atom. The van der Waals surface area contributed by atoms with Gasteiger partial charge in [0.25, 0.3) is 0 Å². The average molecular weight is 588 g/mol. The molecule has 0 saturated carbocycles. The van der Waals surface area contributed by atoms with Crippen molar-refractivity contribution < 1.29 is 13.7 Å². The maximum Gasteiger partial charge on any atom is 0.495 e. The number of hydrogen-bond acceptors (Lipinski definition) is 4. The van der Waals surface area contributed by atoms with Gasteiger partial charge in [-0.05, 0) is 104 Å². The summed E-state index contributed by atoms with van der Waals surface area (Å²) in [6.07, 6.45) is 0. The second kappa shape index (κ2) is 10.4. The SMILES string of the molecule is CC1(C)OB(c2cccc3oc4cc(-c5ccc(N(c6ccccc6)c6ccccc6)cc5)c5ccccc5c4c23)OC1(C)C. The molecule has 0 amide bonds. The number of benzene rings is 6. The van der Waals surface area contributed by atoms with E-state index in [2.05, 4.69) is 142 Å². The Labute approximate surface area is 264 Å². The summed E-state index contributed by atoms with van der Waals surface area (Å²) in [5.74, 6) is 0. The van der Waals surface area contributed by atoms with Crippen LogP contribution in [-0.2, 0) is 9.31 Å². The third-order valence-corrected chi connectivity index (χ3v) is 9.51. The monoisotopic (exact) mass is 587 g/mol. The molecule has 1 aliphatic rings. The average Bonchev–Trinajstić information content (AvgIpc) is 3.54. The Morgan fingerprint density at radius 1 is 0.511 bits per heavy atom. The van der Waals surface area contributed by atoms with Crippen molar-refractivity contribution >= 4 is 62.4 Å². The predicted molar refractivity (Wildman–Crippen MR) is 187 cm³/mol. The van der Waals surface area contributed by atoms with Gasteiger partial charge in [0, 0.05) is 27.8 Å². The van der Waals surface area contributed by atoms with Gasteiger partial charge in [-0.15, -0.1) is 0 Å². The number of anilines is 3. The van der Waals surface area contributed by atoms with Crippen LogP contribution in [0.1, 0.15) is 27.7 Å². The van der Waals surface area contributed by atoms with Gasteiger partial charge in [0.15, 0.2) is 0 Å². The number of furan rings is 1. The zero-order valence-corrected chi connectivity index (χ0v) is 26.0. The van der Waals surface area contributed by atoms with E-state index >= 15 is 0 Å². The molecule has 1 fully saturated rings. The van der Waals surface area contributed by atoms with Gasteiger partial charge in [-0.2, -0.15) is 0 Å². The lowest BCUT2D eigenvalue weighted by Crippen LogP contribution is -2.41. The van der Waals surface area contributed by atoms with Gasteiger partial charge >= 0.3 is 7.12 Å². The fourth-order valence-corrected chi connectivity index (χ4v) is 6.50. The lowest BCUT2D eigenvalue weighted by Gasteiger charge is -2.32. The quantitative estimate of drug-likeness (QED) is 0.188. The van der Waals surface area contributed by atoms with E-state index in [9.17, 15) is 0 Å². The molecular formula is C40H34BNO3. The Balaban J connectivity index is 1.27. The van der Waals surface area contributed by atoms with Crippen LogP contribution in [0.2, 0.25) is 0 Å². The van der Waals surface area contributed by atoms with Gasteiger partial charge in [0.05, 0.1) is 11.2 Å². The highest BCUT2D eigenvalue weighted by Gasteiger charge is 2.52. The second-order valence-electron chi connectivity index (χ2n) is 12.8. The van der Waals surface area contributed by atoms with Crippen molar-refractivity contribution in [2.45, 2.75) is 38.9 Å². The Kier molecular flexibility index (Phi) is 6.38. The lowest BCUT2D eigenvalue weighted by atomic mass is 9.76. The molecule has 0 atom stereocenters. The molecule has 220 valence electrons. The Bertz CT molecular complexity index is 2110. The third kappa shape index (κ3) is 4.54. The van der Waals surface area contributed by atoms with Gasteiger partial charge < -0.3 is 18.6 Å². The topological polar surface area (TPSA) is 34.8 Å². The number of fused-ring (bicyclic) bond motifs is 5. The molecule has 0 bridgehead atoms. The van der Waals surface area contributed by atoms with E-state index in [4.69, 9.17) is 13.7 Å². The van der Waals surface area contributed by atoms with E-state index in [-0.39, 0.29) is 0 Å². The van der Waals surface area contributed by atoms with Crippen molar-refractivity contribution in [2.24, 2.45) is 0 Å². The summed E-state index contributed by atoms with van der Waals surface area (Å²) < 4.78 is 19.6. The van der Waals surface area contributed by atoms with Crippen LogP contribution in [0.4, 0.5) is 17.1 Å². The first kappa shape index (κ1) is 27.7. The maximum absolute atomic E-state index is 6.59. The second-order valence-corrected chi connectivity index (χ2v) is 12.8. The van der Waals surface area contributed by atoms with E-state index in [1.54, 1.807) is 0 Å². The molecule has 0 aliphatic carbocycles. The summed E-state index contributed by atoms with van der Waals surface area (Å²) in [7, 11) is -0.484. The first-order valence-electron chi connectivity index (χ1n) is 15.5.